The Morgan fingerprint density at radius 1 is 1.17 bits per heavy atom. The molecule has 1 saturated carbocycles. The van der Waals surface area contributed by atoms with Gasteiger partial charge in [0, 0.05) is 0 Å². The van der Waals surface area contributed by atoms with Gasteiger partial charge in [-0.25, -0.2) is 0 Å². The van der Waals surface area contributed by atoms with Crippen LogP contribution in [0.15, 0.2) is 0 Å². The second-order valence-electron chi connectivity index (χ2n) is 6.33. The second-order valence-corrected chi connectivity index (χ2v) is 6.33. The van der Waals surface area contributed by atoms with Crippen molar-refractivity contribution in [2.45, 2.75) is 84.1 Å². The van der Waals surface area contributed by atoms with Crippen LogP contribution in [0, 0.1) is 11.8 Å². The summed E-state index contributed by atoms with van der Waals surface area (Å²) in [6.07, 6.45) is 13.3. The summed E-state index contributed by atoms with van der Waals surface area (Å²) in [7, 11) is 0. The summed E-state index contributed by atoms with van der Waals surface area (Å²) in [6.45, 7) is 3.89. The van der Waals surface area contributed by atoms with E-state index in [-0.39, 0.29) is 11.8 Å². The lowest BCUT2D eigenvalue weighted by Gasteiger charge is -2.22. The summed E-state index contributed by atoms with van der Waals surface area (Å²) in [4.78, 5) is 11.1. The molecule has 0 heterocycles. The molecular weight excluding hydrogens is 222 g/mol. The van der Waals surface area contributed by atoms with Gasteiger partial charge >= 0.3 is 0 Å². The topological polar surface area (TPSA) is 43.1 Å². The smallest absolute Gasteiger partial charge is 0.146 e. The first-order chi connectivity index (χ1) is 8.59. The monoisotopic (exact) mass is 253 g/mol. The molecule has 2 atom stereocenters. The summed E-state index contributed by atoms with van der Waals surface area (Å²) < 4.78 is 0. The lowest BCUT2D eigenvalue weighted by atomic mass is 9.84. The first kappa shape index (κ1) is 15.7. The van der Waals surface area contributed by atoms with Crippen LogP contribution in [0.25, 0.3) is 0 Å². The van der Waals surface area contributed by atoms with E-state index in [0.29, 0.717) is 0 Å². The number of hydrogen-bond donors (Lipinski definition) is 1. The molecule has 1 fully saturated rings. The highest BCUT2D eigenvalue weighted by Gasteiger charge is 2.14. The van der Waals surface area contributed by atoms with E-state index in [1.165, 1.54) is 51.4 Å². The van der Waals surface area contributed by atoms with E-state index in [9.17, 15) is 4.79 Å². The molecule has 0 saturated heterocycles. The molecule has 0 aliphatic heterocycles. The largest absolute Gasteiger partial charge is 0.322 e. The van der Waals surface area contributed by atoms with Crippen molar-refractivity contribution < 1.29 is 4.79 Å². The lowest BCUT2D eigenvalue weighted by Crippen LogP contribution is -2.28. The predicted molar refractivity (Wildman–Crippen MR) is 77.5 cm³/mol. The molecule has 1 aliphatic rings. The number of carbonyl (C=O) groups excluding carboxylic acids is 1. The van der Waals surface area contributed by atoms with Gasteiger partial charge in [0.15, 0.2) is 0 Å². The number of hydrogen-bond acceptors (Lipinski definition) is 2. The Labute approximate surface area is 113 Å². The van der Waals surface area contributed by atoms with Crippen LogP contribution >= 0.6 is 0 Å². The fourth-order valence-electron chi connectivity index (χ4n) is 3.04. The van der Waals surface area contributed by atoms with E-state index in [4.69, 9.17) is 5.73 Å². The van der Waals surface area contributed by atoms with Gasteiger partial charge in [0.25, 0.3) is 0 Å². The Bertz CT molecular complexity index is 233. The van der Waals surface area contributed by atoms with Crippen LogP contribution in [0.2, 0.25) is 0 Å². The highest BCUT2D eigenvalue weighted by atomic mass is 16.1. The lowest BCUT2D eigenvalue weighted by molar-refractivity contribution is -0.118. The molecule has 1 aliphatic carbocycles. The molecular formula is C16H31NO. The van der Waals surface area contributed by atoms with Gasteiger partial charge in [-0.2, -0.15) is 0 Å². The number of rotatable bonds is 8. The van der Waals surface area contributed by atoms with Crippen LogP contribution < -0.4 is 5.73 Å². The van der Waals surface area contributed by atoms with Gasteiger partial charge in [-0.1, -0.05) is 58.3 Å². The average Bonchev–Trinajstić information content (AvgIpc) is 2.37. The predicted octanol–water partition coefficient (Wildman–Crippen LogP) is 4.07. The Morgan fingerprint density at radius 2 is 1.83 bits per heavy atom. The highest BCUT2D eigenvalue weighted by molar-refractivity contribution is 5.81. The maximum atomic E-state index is 11.1. The standard InChI is InChI=1S/C16H31NO/c1-13(11-12-16(17)14(2)18)7-6-10-15-8-4-3-5-9-15/h13,15-16H,3-12,17H2,1-2H3. The molecule has 106 valence electrons. The van der Waals surface area contributed by atoms with Crippen molar-refractivity contribution in [2.75, 3.05) is 0 Å². The zero-order chi connectivity index (χ0) is 13.4. The molecule has 0 amide bonds. The molecule has 18 heavy (non-hydrogen) atoms. The van der Waals surface area contributed by atoms with Gasteiger partial charge in [-0.15, -0.1) is 0 Å². The number of nitrogens with two attached hydrogens (primary N) is 1. The van der Waals surface area contributed by atoms with Gasteiger partial charge in [0.1, 0.15) is 5.78 Å². The minimum absolute atomic E-state index is 0.129. The van der Waals surface area contributed by atoms with E-state index >= 15 is 0 Å². The molecule has 2 nitrogen and oxygen atoms in total. The Morgan fingerprint density at radius 3 is 2.44 bits per heavy atom. The van der Waals surface area contributed by atoms with Crippen molar-refractivity contribution in [3.8, 4) is 0 Å². The fourth-order valence-corrected chi connectivity index (χ4v) is 3.04. The van der Waals surface area contributed by atoms with E-state index in [2.05, 4.69) is 6.92 Å². The number of Topliss-reactive ketones (excluding diaryl/α,β-unsaturated/α-hetero) is 1. The molecule has 1 rings (SSSR count). The van der Waals surface area contributed by atoms with Gasteiger partial charge < -0.3 is 5.73 Å². The summed E-state index contributed by atoms with van der Waals surface area (Å²) in [5, 5.41) is 0. The van der Waals surface area contributed by atoms with Crippen LogP contribution in [0.3, 0.4) is 0 Å². The average molecular weight is 253 g/mol. The van der Waals surface area contributed by atoms with Crippen molar-refractivity contribution in [3.63, 3.8) is 0 Å². The molecule has 0 aromatic rings. The Hall–Kier alpha value is -0.370. The molecule has 0 spiro atoms. The quantitative estimate of drug-likeness (QED) is 0.708. The SMILES string of the molecule is CC(=O)C(N)CCC(C)CCCC1CCCCC1. The molecule has 2 N–H and O–H groups in total. The first-order valence-electron chi connectivity index (χ1n) is 7.85. The third-order valence-corrected chi connectivity index (χ3v) is 4.53. The number of ketones is 1. The zero-order valence-corrected chi connectivity index (χ0v) is 12.3. The first-order valence-corrected chi connectivity index (χ1v) is 7.85. The van der Waals surface area contributed by atoms with Crippen LogP contribution in [-0.2, 0) is 4.79 Å². The summed E-state index contributed by atoms with van der Waals surface area (Å²) in [5.41, 5.74) is 5.76. The third kappa shape index (κ3) is 6.53. The second kappa shape index (κ2) is 8.68. The van der Waals surface area contributed by atoms with Gasteiger partial charge in [-0.05, 0) is 31.6 Å². The van der Waals surface area contributed by atoms with E-state index in [1.54, 1.807) is 6.92 Å². The number of carbonyl (C=O) groups is 1. The molecule has 0 radical (unpaired) electrons. The van der Waals surface area contributed by atoms with Crippen molar-refractivity contribution in [2.24, 2.45) is 17.6 Å². The van der Waals surface area contributed by atoms with Gasteiger partial charge in [0.05, 0.1) is 6.04 Å². The van der Waals surface area contributed by atoms with Crippen LogP contribution in [-0.4, -0.2) is 11.8 Å². The normalized spacial score (nSPS) is 20.6. The van der Waals surface area contributed by atoms with Gasteiger partial charge in [-0.3, -0.25) is 4.79 Å². The van der Waals surface area contributed by atoms with Crippen LogP contribution in [0.1, 0.15) is 78.1 Å². The minimum Gasteiger partial charge on any atom is -0.322 e. The van der Waals surface area contributed by atoms with Crippen molar-refractivity contribution >= 4 is 5.78 Å². The molecule has 2 heteroatoms. The Balaban J connectivity index is 2.02. The summed E-state index contributed by atoms with van der Waals surface area (Å²) in [6, 6.07) is -0.231. The maximum Gasteiger partial charge on any atom is 0.146 e. The Kier molecular flexibility index (Phi) is 7.57. The van der Waals surface area contributed by atoms with Crippen molar-refractivity contribution in [3.05, 3.63) is 0 Å². The van der Waals surface area contributed by atoms with Crippen molar-refractivity contribution in [1.82, 2.24) is 0 Å². The fraction of sp³-hybridized carbons (Fsp3) is 0.938. The van der Waals surface area contributed by atoms with E-state index < -0.39 is 0 Å². The minimum atomic E-state index is -0.231. The van der Waals surface area contributed by atoms with Crippen LogP contribution in [0.4, 0.5) is 0 Å². The summed E-state index contributed by atoms with van der Waals surface area (Å²) >= 11 is 0. The molecule has 0 bridgehead atoms. The third-order valence-electron chi connectivity index (χ3n) is 4.53. The maximum absolute atomic E-state index is 11.1. The highest BCUT2D eigenvalue weighted by Crippen LogP contribution is 2.28. The molecule has 0 aromatic carbocycles. The van der Waals surface area contributed by atoms with E-state index in [0.717, 1.165) is 24.7 Å². The van der Waals surface area contributed by atoms with Crippen molar-refractivity contribution in [1.29, 1.82) is 0 Å². The van der Waals surface area contributed by atoms with E-state index in [1.807, 2.05) is 0 Å². The summed E-state index contributed by atoms with van der Waals surface area (Å²) in [5.74, 6) is 1.86. The van der Waals surface area contributed by atoms with Crippen LogP contribution in [0.5, 0.6) is 0 Å². The zero-order valence-electron chi connectivity index (χ0n) is 12.3. The van der Waals surface area contributed by atoms with Gasteiger partial charge in [0.2, 0.25) is 0 Å². The molecule has 0 aromatic heterocycles. The molecule has 2 unspecified atom stereocenters.